The van der Waals surface area contributed by atoms with E-state index in [1.54, 1.807) is 18.2 Å². The lowest BCUT2D eigenvalue weighted by Crippen LogP contribution is -2.43. The maximum atomic E-state index is 12.1. The lowest BCUT2D eigenvalue weighted by atomic mass is 10.1. The second kappa shape index (κ2) is 5.75. The van der Waals surface area contributed by atoms with E-state index in [2.05, 4.69) is 4.40 Å². The van der Waals surface area contributed by atoms with Crippen molar-refractivity contribution in [2.45, 2.75) is 23.8 Å². The molecular weight excluding hydrogens is 292 g/mol. The molecule has 1 N–H and O–H groups in total. The van der Waals surface area contributed by atoms with E-state index in [-0.39, 0.29) is 17.6 Å². The van der Waals surface area contributed by atoms with Gasteiger partial charge in [0.2, 0.25) is 0 Å². The number of hydrogen-bond donors (Lipinski definition) is 1. The first kappa shape index (κ1) is 14.5. The summed E-state index contributed by atoms with van der Waals surface area (Å²) in [4.78, 5) is 2.24. The van der Waals surface area contributed by atoms with Gasteiger partial charge in [0.1, 0.15) is 4.90 Å². The van der Waals surface area contributed by atoms with E-state index in [1.807, 2.05) is 11.0 Å². The van der Waals surface area contributed by atoms with Crippen LogP contribution in [0.3, 0.4) is 0 Å². The third kappa shape index (κ3) is 2.81. The fraction of sp³-hybridized carbons (Fsp3) is 0.500. The van der Waals surface area contributed by atoms with E-state index in [4.69, 9.17) is 9.84 Å². The number of fused-ring (bicyclic) bond motifs is 1. The standard InChI is InChI=1S/C14H18N2O4S/c17-8-9-20-11-4-3-7-16(10-11)14-12-5-1-2-6-13(12)21(18,19)15-14/h1-2,5-6,11,17H,3-4,7-10H2. The molecule has 2 heterocycles. The second-order valence-electron chi connectivity index (χ2n) is 5.19. The molecule has 21 heavy (non-hydrogen) atoms. The van der Waals surface area contributed by atoms with Gasteiger partial charge in [0, 0.05) is 18.7 Å². The molecule has 0 aliphatic carbocycles. The Kier molecular flexibility index (Phi) is 3.97. The summed E-state index contributed by atoms with van der Waals surface area (Å²) in [7, 11) is -3.57. The van der Waals surface area contributed by atoms with Crippen LogP contribution < -0.4 is 0 Å². The number of piperidine rings is 1. The smallest absolute Gasteiger partial charge is 0.285 e. The number of benzene rings is 1. The molecular formula is C14H18N2O4S. The van der Waals surface area contributed by atoms with Crippen LogP contribution in [0.1, 0.15) is 18.4 Å². The maximum Gasteiger partial charge on any atom is 0.285 e. The van der Waals surface area contributed by atoms with Crippen molar-refractivity contribution in [3.63, 3.8) is 0 Å². The van der Waals surface area contributed by atoms with Gasteiger partial charge in [-0.05, 0) is 25.0 Å². The molecule has 114 valence electrons. The summed E-state index contributed by atoms with van der Waals surface area (Å²) in [6.45, 7) is 1.67. The van der Waals surface area contributed by atoms with E-state index in [9.17, 15) is 8.42 Å². The van der Waals surface area contributed by atoms with Crippen molar-refractivity contribution in [2.24, 2.45) is 4.40 Å². The summed E-state index contributed by atoms with van der Waals surface area (Å²) >= 11 is 0. The number of nitrogens with zero attached hydrogens (tertiary/aromatic N) is 2. The van der Waals surface area contributed by atoms with Crippen molar-refractivity contribution >= 4 is 15.9 Å². The van der Waals surface area contributed by atoms with Gasteiger partial charge in [-0.15, -0.1) is 4.40 Å². The third-order valence-corrected chi connectivity index (χ3v) is 5.06. The van der Waals surface area contributed by atoms with Crippen molar-refractivity contribution in [1.82, 2.24) is 4.90 Å². The Morgan fingerprint density at radius 2 is 2.19 bits per heavy atom. The number of amidine groups is 1. The van der Waals surface area contributed by atoms with Crippen LogP contribution in [0.25, 0.3) is 0 Å². The quantitative estimate of drug-likeness (QED) is 0.885. The van der Waals surface area contributed by atoms with Gasteiger partial charge in [-0.3, -0.25) is 0 Å². The van der Waals surface area contributed by atoms with Crippen LogP contribution in [-0.4, -0.2) is 56.7 Å². The molecule has 6 nitrogen and oxygen atoms in total. The molecule has 2 aliphatic rings. The molecule has 1 aromatic carbocycles. The molecule has 2 aliphatic heterocycles. The van der Waals surface area contributed by atoms with Gasteiger partial charge in [0.05, 0.1) is 19.3 Å². The van der Waals surface area contributed by atoms with Gasteiger partial charge in [0.25, 0.3) is 10.0 Å². The van der Waals surface area contributed by atoms with Gasteiger partial charge in [-0.25, -0.2) is 0 Å². The zero-order chi connectivity index (χ0) is 14.9. The van der Waals surface area contributed by atoms with Gasteiger partial charge < -0.3 is 14.7 Å². The van der Waals surface area contributed by atoms with E-state index in [0.717, 1.165) is 19.4 Å². The van der Waals surface area contributed by atoms with Gasteiger partial charge in [-0.1, -0.05) is 12.1 Å². The van der Waals surface area contributed by atoms with E-state index >= 15 is 0 Å². The normalized spacial score (nSPS) is 23.8. The van der Waals surface area contributed by atoms with Gasteiger partial charge >= 0.3 is 0 Å². The summed E-state index contributed by atoms with van der Waals surface area (Å²) in [5.41, 5.74) is 0.667. The molecule has 1 saturated heterocycles. The fourth-order valence-electron chi connectivity index (χ4n) is 2.80. The van der Waals surface area contributed by atoms with Gasteiger partial charge in [0.15, 0.2) is 5.84 Å². The van der Waals surface area contributed by atoms with Crippen LogP contribution >= 0.6 is 0 Å². The lowest BCUT2D eigenvalue weighted by molar-refractivity contribution is -0.000708. The molecule has 0 saturated carbocycles. The minimum atomic E-state index is -3.57. The molecule has 1 aromatic rings. The second-order valence-corrected chi connectivity index (χ2v) is 6.76. The molecule has 0 radical (unpaired) electrons. The summed E-state index contributed by atoms with van der Waals surface area (Å²) in [5, 5.41) is 8.83. The van der Waals surface area contributed by atoms with Crippen molar-refractivity contribution in [3.8, 4) is 0 Å². The molecule has 1 fully saturated rings. The monoisotopic (exact) mass is 310 g/mol. The molecule has 1 atom stereocenters. The Balaban J connectivity index is 1.84. The number of aliphatic hydroxyl groups is 1. The predicted molar refractivity (Wildman–Crippen MR) is 77.8 cm³/mol. The first-order chi connectivity index (χ1) is 10.1. The fourth-order valence-corrected chi connectivity index (χ4v) is 4.03. The average molecular weight is 310 g/mol. The Bertz CT molecular complexity index is 657. The topological polar surface area (TPSA) is 79.2 Å². The zero-order valence-corrected chi connectivity index (χ0v) is 12.4. The van der Waals surface area contributed by atoms with Crippen molar-refractivity contribution < 1.29 is 18.3 Å². The summed E-state index contributed by atoms with van der Waals surface area (Å²) in [5.74, 6) is 0.517. The van der Waals surface area contributed by atoms with Crippen LogP contribution in [0.15, 0.2) is 33.6 Å². The Hall–Kier alpha value is -1.44. The number of likely N-dealkylation sites (tertiary alicyclic amines) is 1. The molecule has 0 spiro atoms. The lowest BCUT2D eigenvalue weighted by Gasteiger charge is -2.33. The zero-order valence-electron chi connectivity index (χ0n) is 11.6. The van der Waals surface area contributed by atoms with E-state index in [1.165, 1.54) is 0 Å². The number of rotatable bonds is 3. The minimum absolute atomic E-state index is 0.00377. The Morgan fingerprint density at radius 1 is 1.38 bits per heavy atom. The molecule has 0 amide bonds. The highest BCUT2D eigenvalue weighted by Gasteiger charge is 2.33. The van der Waals surface area contributed by atoms with Gasteiger partial charge in [-0.2, -0.15) is 8.42 Å². The van der Waals surface area contributed by atoms with Crippen LogP contribution in [0.4, 0.5) is 0 Å². The molecule has 1 unspecified atom stereocenters. The van der Waals surface area contributed by atoms with Crippen molar-refractivity contribution in [3.05, 3.63) is 29.8 Å². The highest BCUT2D eigenvalue weighted by molar-refractivity contribution is 7.90. The summed E-state index contributed by atoms with van der Waals surface area (Å²) in [6.07, 6.45) is 1.83. The van der Waals surface area contributed by atoms with Crippen LogP contribution in [0.5, 0.6) is 0 Å². The summed E-state index contributed by atoms with van der Waals surface area (Å²) < 4.78 is 33.7. The van der Waals surface area contributed by atoms with Crippen molar-refractivity contribution in [2.75, 3.05) is 26.3 Å². The number of hydrogen-bond acceptors (Lipinski definition) is 5. The molecule has 0 aromatic heterocycles. The first-order valence-electron chi connectivity index (χ1n) is 7.03. The van der Waals surface area contributed by atoms with Crippen molar-refractivity contribution in [1.29, 1.82) is 0 Å². The summed E-state index contributed by atoms with van der Waals surface area (Å²) in [6, 6.07) is 6.90. The number of aliphatic hydroxyl groups excluding tert-OH is 1. The number of sulfonamides is 1. The minimum Gasteiger partial charge on any atom is -0.394 e. The molecule has 0 bridgehead atoms. The SMILES string of the molecule is O=S1(=O)N=C(N2CCCC(OCCO)C2)c2ccccc21. The maximum absolute atomic E-state index is 12.1. The number of ether oxygens (including phenoxy) is 1. The predicted octanol–water partition coefficient (Wildman–Crippen LogP) is 0.609. The average Bonchev–Trinajstić information content (AvgIpc) is 2.78. The molecule has 7 heteroatoms. The van der Waals surface area contributed by atoms with E-state index in [0.29, 0.717) is 24.6 Å². The van der Waals surface area contributed by atoms with Crippen LogP contribution in [0.2, 0.25) is 0 Å². The van der Waals surface area contributed by atoms with E-state index < -0.39 is 10.0 Å². The molecule has 3 rings (SSSR count). The third-order valence-electron chi connectivity index (χ3n) is 3.74. The van der Waals surface area contributed by atoms with Crippen LogP contribution in [-0.2, 0) is 14.8 Å². The highest BCUT2D eigenvalue weighted by atomic mass is 32.2. The Labute approximate surface area is 124 Å². The highest BCUT2D eigenvalue weighted by Crippen LogP contribution is 2.29. The van der Waals surface area contributed by atoms with Crippen LogP contribution in [0, 0.1) is 0 Å². The largest absolute Gasteiger partial charge is 0.394 e. The Morgan fingerprint density at radius 3 is 3.00 bits per heavy atom. The first-order valence-corrected chi connectivity index (χ1v) is 8.47.